The zero-order valence-electron chi connectivity index (χ0n) is 13.7. The van der Waals surface area contributed by atoms with E-state index in [4.69, 9.17) is 4.52 Å². The van der Waals surface area contributed by atoms with Crippen molar-refractivity contribution in [1.29, 1.82) is 0 Å². The average molecular weight is 315 g/mol. The molecule has 1 aliphatic heterocycles. The van der Waals surface area contributed by atoms with Crippen LogP contribution >= 0.6 is 0 Å². The lowest BCUT2D eigenvalue weighted by Crippen LogP contribution is -2.34. The summed E-state index contributed by atoms with van der Waals surface area (Å²) in [5.74, 6) is 1.50. The molecule has 0 aliphatic carbocycles. The first-order chi connectivity index (χ1) is 11.0. The zero-order chi connectivity index (χ0) is 16.4. The molecule has 7 heteroatoms. The first-order valence-electron chi connectivity index (χ1n) is 7.77. The van der Waals surface area contributed by atoms with Crippen LogP contribution in [0.2, 0.25) is 0 Å². The number of aromatic nitrogens is 3. The van der Waals surface area contributed by atoms with Crippen LogP contribution in [-0.4, -0.2) is 53.1 Å². The minimum absolute atomic E-state index is 0.0899. The standard InChI is InChI=1S/C16H21N5O2/c1-11-18-15(23-19-11)12-5-4-8-21(10-12)13-6-7-17-14(9-13)16(22)20(2)3/h6-7,9,12H,4-5,8,10H2,1-3H3. The van der Waals surface area contributed by atoms with E-state index in [0.29, 0.717) is 17.4 Å². The van der Waals surface area contributed by atoms with E-state index in [9.17, 15) is 4.79 Å². The van der Waals surface area contributed by atoms with Gasteiger partial charge < -0.3 is 14.3 Å². The minimum atomic E-state index is -0.0899. The summed E-state index contributed by atoms with van der Waals surface area (Å²) in [6.07, 6.45) is 3.77. The molecule has 1 unspecified atom stereocenters. The van der Waals surface area contributed by atoms with Gasteiger partial charge in [-0.3, -0.25) is 9.78 Å². The van der Waals surface area contributed by atoms with Gasteiger partial charge in [0.15, 0.2) is 5.82 Å². The average Bonchev–Trinajstić information content (AvgIpc) is 3.01. The molecule has 0 bridgehead atoms. The summed E-state index contributed by atoms with van der Waals surface area (Å²) in [7, 11) is 3.46. The van der Waals surface area contributed by atoms with Crippen molar-refractivity contribution < 1.29 is 9.32 Å². The molecule has 0 radical (unpaired) electrons. The van der Waals surface area contributed by atoms with Crippen molar-refractivity contribution in [3.63, 3.8) is 0 Å². The molecule has 0 N–H and O–H groups in total. The van der Waals surface area contributed by atoms with Gasteiger partial charge >= 0.3 is 0 Å². The van der Waals surface area contributed by atoms with E-state index in [0.717, 1.165) is 31.6 Å². The predicted molar refractivity (Wildman–Crippen MR) is 85.5 cm³/mol. The van der Waals surface area contributed by atoms with Crippen molar-refractivity contribution in [2.75, 3.05) is 32.1 Å². The SMILES string of the molecule is Cc1noc(C2CCCN(c3ccnc(C(=O)N(C)C)c3)C2)n1. The fourth-order valence-corrected chi connectivity index (χ4v) is 2.85. The third-order valence-corrected chi connectivity index (χ3v) is 4.05. The third-order valence-electron chi connectivity index (χ3n) is 4.05. The van der Waals surface area contributed by atoms with Crippen LogP contribution in [0.25, 0.3) is 0 Å². The molecule has 0 aromatic carbocycles. The first-order valence-corrected chi connectivity index (χ1v) is 7.77. The normalized spacial score (nSPS) is 18.0. The van der Waals surface area contributed by atoms with E-state index >= 15 is 0 Å². The molecule has 122 valence electrons. The monoisotopic (exact) mass is 315 g/mol. The van der Waals surface area contributed by atoms with Gasteiger partial charge in [-0.1, -0.05) is 5.16 Å². The van der Waals surface area contributed by atoms with E-state index in [-0.39, 0.29) is 11.8 Å². The Morgan fingerprint density at radius 1 is 1.43 bits per heavy atom. The molecule has 1 fully saturated rings. The van der Waals surface area contributed by atoms with E-state index in [1.807, 2.05) is 19.1 Å². The number of carbonyl (C=O) groups is 1. The van der Waals surface area contributed by atoms with Gasteiger partial charge in [-0.15, -0.1) is 0 Å². The molecule has 1 aliphatic rings. The topological polar surface area (TPSA) is 75.4 Å². The molecule has 1 saturated heterocycles. The number of hydrogen-bond donors (Lipinski definition) is 0. The summed E-state index contributed by atoms with van der Waals surface area (Å²) in [5.41, 5.74) is 1.47. The van der Waals surface area contributed by atoms with Gasteiger partial charge in [-0.25, -0.2) is 0 Å². The number of piperidine rings is 1. The molecule has 23 heavy (non-hydrogen) atoms. The fourth-order valence-electron chi connectivity index (χ4n) is 2.85. The highest BCUT2D eigenvalue weighted by molar-refractivity contribution is 5.92. The maximum Gasteiger partial charge on any atom is 0.272 e. The lowest BCUT2D eigenvalue weighted by molar-refractivity contribution is 0.0822. The molecule has 0 spiro atoms. The van der Waals surface area contributed by atoms with Crippen molar-refractivity contribution >= 4 is 11.6 Å². The number of anilines is 1. The van der Waals surface area contributed by atoms with Crippen LogP contribution in [0.3, 0.4) is 0 Å². The van der Waals surface area contributed by atoms with Crippen molar-refractivity contribution in [1.82, 2.24) is 20.0 Å². The smallest absolute Gasteiger partial charge is 0.272 e. The van der Waals surface area contributed by atoms with Crippen molar-refractivity contribution in [2.24, 2.45) is 0 Å². The number of aryl methyl sites for hydroxylation is 1. The molecule has 2 aromatic rings. The Hall–Kier alpha value is -2.44. The zero-order valence-corrected chi connectivity index (χ0v) is 13.7. The Labute approximate surface area is 135 Å². The number of rotatable bonds is 3. The number of nitrogens with zero attached hydrogens (tertiary/aromatic N) is 5. The van der Waals surface area contributed by atoms with E-state index in [1.54, 1.807) is 20.3 Å². The van der Waals surface area contributed by atoms with Crippen molar-refractivity contribution in [3.8, 4) is 0 Å². The molecule has 1 atom stereocenters. The summed E-state index contributed by atoms with van der Waals surface area (Å²) < 4.78 is 5.32. The van der Waals surface area contributed by atoms with E-state index < -0.39 is 0 Å². The third kappa shape index (κ3) is 3.33. The Kier molecular flexibility index (Phi) is 4.27. The van der Waals surface area contributed by atoms with Crippen LogP contribution < -0.4 is 4.90 Å². The lowest BCUT2D eigenvalue weighted by atomic mass is 9.97. The summed E-state index contributed by atoms with van der Waals surface area (Å²) >= 11 is 0. The summed E-state index contributed by atoms with van der Waals surface area (Å²) in [4.78, 5) is 24.4. The van der Waals surface area contributed by atoms with E-state index in [1.165, 1.54) is 4.90 Å². The Balaban J connectivity index is 1.78. The second-order valence-electron chi connectivity index (χ2n) is 6.06. The molecule has 3 rings (SSSR count). The minimum Gasteiger partial charge on any atom is -0.371 e. The second kappa shape index (κ2) is 6.36. The molecule has 1 amide bonds. The number of hydrogen-bond acceptors (Lipinski definition) is 6. The van der Waals surface area contributed by atoms with Crippen molar-refractivity contribution in [2.45, 2.75) is 25.7 Å². The predicted octanol–water partition coefficient (Wildman–Crippen LogP) is 1.86. The maximum atomic E-state index is 12.1. The van der Waals surface area contributed by atoms with Crippen LogP contribution in [0.5, 0.6) is 0 Å². The molecular formula is C16H21N5O2. The van der Waals surface area contributed by atoms with Gasteiger partial charge in [-0.05, 0) is 31.9 Å². The molecule has 2 aromatic heterocycles. The number of carbonyl (C=O) groups excluding carboxylic acids is 1. The summed E-state index contributed by atoms with van der Waals surface area (Å²) in [5, 5.41) is 3.88. The van der Waals surface area contributed by atoms with Crippen molar-refractivity contribution in [3.05, 3.63) is 35.7 Å². The van der Waals surface area contributed by atoms with E-state index in [2.05, 4.69) is 20.0 Å². The molecular weight excluding hydrogens is 294 g/mol. The van der Waals surface area contributed by atoms with Crippen LogP contribution in [0.1, 0.15) is 41.0 Å². The lowest BCUT2D eigenvalue weighted by Gasteiger charge is -2.33. The second-order valence-corrected chi connectivity index (χ2v) is 6.06. The Morgan fingerprint density at radius 2 is 2.26 bits per heavy atom. The largest absolute Gasteiger partial charge is 0.371 e. The van der Waals surface area contributed by atoms with Gasteiger partial charge in [0.1, 0.15) is 5.69 Å². The van der Waals surface area contributed by atoms with Gasteiger partial charge in [0.2, 0.25) is 5.89 Å². The Morgan fingerprint density at radius 3 is 2.96 bits per heavy atom. The van der Waals surface area contributed by atoms with Crippen LogP contribution in [-0.2, 0) is 0 Å². The highest BCUT2D eigenvalue weighted by Crippen LogP contribution is 2.29. The Bertz CT molecular complexity index is 697. The van der Waals surface area contributed by atoms with Crippen LogP contribution in [0.4, 0.5) is 5.69 Å². The van der Waals surface area contributed by atoms with Gasteiger partial charge in [0.05, 0.1) is 5.92 Å². The van der Waals surface area contributed by atoms with Gasteiger partial charge in [0, 0.05) is 39.1 Å². The van der Waals surface area contributed by atoms with Crippen LogP contribution in [0.15, 0.2) is 22.9 Å². The number of amides is 1. The van der Waals surface area contributed by atoms with Gasteiger partial charge in [-0.2, -0.15) is 4.98 Å². The highest BCUT2D eigenvalue weighted by atomic mass is 16.5. The molecule has 0 saturated carbocycles. The summed E-state index contributed by atoms with van der Waals surface area (Å²) in [6.45, 7) is 3.58. The van der Waals surface area contributed by atoms with Crippen LogP contribution in [0, 0.1) is 6.92 Å². The highest BCUT2D eigenvalue weighted by Gasteiger charge is 2.26. The summed E-state index contributed by atoms with van der Waals surface area (Å²) in [6, 6.07) is 3.79. The maximum absolute atomic E-state index is 12.1. The quantitative estimate of drug-likeness (QED) is 0.860. The van der Waals surface area contributed by atoms with Gasteiger partial charge in [0.25, 0.3) is 5.91 Å². The molecule has 7 nitrogen and oxygen atoms in total. The molecule has 3 heterocycles. The number of pyridine rings is 1. The fraction of sp³-hybridized carbons (Fsp3) is 0.500. The first kappa shape index (κ1) is 15.5.